The number of pyridine rings is 1. The van der Waals surface area contributed by atoms with Crippen LogP contribution in [0.1, 0.15) is 5.56 Å². The molecular formula is C22H22Cl2N4O3. The van der Waals surface area contributed by atoms with E-state index in [9.17, 15) is 4.79 Å². The number of ether oxygens (including phenoxy) is 2. The van der Waals surface area contributed by atoms with Crippen LogP contribution in [-0.2, 0) is 16.0 Å². The summed E-state index contributed by atoms with van der Waals surface area (Å²) in [6, 6.07) is 17.5. The standard InChI is InChI=1S/C22H20N4O3.2ClH/c1-24-20-4-3-13-25-21(20)26-16-7-11-18(12-8-16)29-17-9-5-15(6-10-17)14-19(23)22(27)28-2;;/h3-13,19H,14,23H2,2H3,(H,25,26);2*1H/t19-;;/m0../s1. The monoisotopic (exact) mass is 460 g/mol. The number of benzene rings is 2. The minimum absolute atomic E-state index is 0. The maximum absolute atomic E-state index is 11.4. The number of hydrogen-bond acceptors (Lipinski definition) is 6. The van der Waals surface area contributed by atoms with Gasteiger partial charge in [-0.25, -0.2) is 4.85 Å². The van der Waals surface area contributed by atoms with Crippen LogP contribution >= 0.6 is 24.8 Å². The van der Waals surface area contributed by atoms with Crippen LogP contribution in [0.4, 0.5) is 17.2 Å². The van der Waals surface area contributed by atoms with E-state index in [4.69, 9.17) is 17.0 Å². The largest absolute Gasteiger partial charge is 0.468 e. The first kappa shape index (κ1) is 25.7. The van der Waals surface area contributed by atoms with Crippen LogP contribution in [0.2, 0.25) is 0 Å². The number of carbonyl (C=O) groups excluding carboxylic acids is 1. The van der Waals surface area contributed by atoms with Crippen LogP contribution in [0.15, 0.2) is 66.9 Å². The molecule has 0 aliphatic rings. The molecule has 1 atom stereocenters. The van der Waals surface area contributed by atoms with Gasteiger partial charge in [0.05, 0.1) is 13.7 Å². The number of nitrogens with zero attached hydrogens (tertiary/aromatic N) is 2. The lowest BCUT2D eigenvalue weighted by Gasteiger charge is -2.11. The van der Waals surface area contributed by atoms with Crippen LogP contribution in [0.25, 0.3) is 4.85 Å². The van der Waals surface area contributed by atoms with Gasteiger partial charge in [0.2, 0.25) is 5.69 Å². The molecule has 3 aromatic rings. The number of halogens is 2. The average Bonchev–Trinajstić information content (AvgIpc) is 2.76. The minimum Gasteiger partial charge on any atom is -0.468 e. The molecular weight excluding hydrogens is 439 g/mol. The summed E-state index contributed by atoms with van der Waals surface area (Å²) in [5, 5.41) is 3.12. The van der Waals surface area contributed by atoms with Crippen LogP contribution < -0.4 is 15.8 Å². The van der Waals surface area contributed by atoms with Gasteiger partial charge in [0.25, 0.3) is 0 Å². The third-order valence-electron chi connectivity index (χ3n) is 4.14. The van der Waals surface area contributed by atoms with Crippen molar-refractivity contribution in [2.75, 3.05) is 12.4 Å². The van der Waals surface area contributed by atoms with E-state index in [0.29, 0.717) is 29.4 Å². The second-order valence-electron chi connectivity index (χ2n) is 6.21. The smallest absolute Gasteiger partial charge is 0.322 e. The molecule has 9 heteroatoms. The Bertz CT molecular complexity index is 1020. The van der Waals surface area contributed by atoms with Crippen LogP contribution in [0, 0.1) is 6.57 Å². The summed E-state index contributed by atoms with van der Waals surface area (Å²) in [4.78, 5) is 19.0. The number of nitrogens with one attached hydrogen (secondary N) is 1. The van der Waals surface area contributed by atoms with E-state index in [1.165, 1.54) is 7.11 Å². The molecule has 2 aromatic carbocycles. The van der Waals surface area contributed by atoms with Gasteiger partial charge in [-0.15, -0.1) is 24.8 Å². The summed E-state index contributed by atoms with van der Waals surface area (Å²) in [6.07, 6.45) is 2.03. The van der Waals surface area contributed by atoms with Crippen LogP contribution in [-0.4, -0.2) is 24.1 Å². The quantitative estimate of drug-likeness (QED) is 0.378. The van der Waals surface area contributed by atoms with E-state index in [1.54, 1.807) is 18.3 Å². The van der Waals surface area contributed by atoms with E-state index in [-0.39, 0.29) is 24.8 Å². The highest BCUT2D eigenvalue weighted by atomic mass is 35.5. The van der Waals surface area contributed by atoms with Gasteiger partial charge >= 0.3 is 5.97 Å². The van der Waals surface area contributed by atoms with E-state index >= 15 is 0 Å². The molecule has 31 heavy (non-hydrogen) atoms. The zero-order chi connectivity index (χ0) is 20.6. The average molecular weight is 461 g/mol. The van der Waals surface area contributed by atoms with Crippen LogP contribution in [0.5, 0.6) is 11.5 Å². The highest BCUT2D eigenvalue weighted by Gasteiger charge is 2.14. The molecule has 3 rings (SSSR count). The van der Waals surface area contributed by atoms with Crippen molar-refractivity contribution in [1.82, 2.24) is 4.98 Å². The molecule has 0 spiro atoms. The van der Waals surface area contributed by atoms with Crippen molar-refractivity contribution in [3.8, 4) is 11.5 Å². The molecule has 3 N–H and O–H groups in total. The molecule has 0 bridgehead atoms. The summed E-state index contributed by atoms with van der Waals surface area (Å²) in [6.45, 7) is 7.19. The summed E-state index contributed by atoms with van der Waals surface area (Å²) >= 11 is 0. The van der Waals surface area contributed by atoms with Gasteiger partial charge in [-0.1, -0.05) is 24.3 Å². The lowest BCUT2D eigenvalue weighted by molar-refractivity contribution is -0.142. The number of anilines is 2. The van der Waals surface area contributed by atoms with E-state index in [2.05, 4.69) is 19.9 Å². The summed E-state index contributed by atoms with van der Waals surface area (Å²) in [5.41, 5.74) is 7.95. The number of hydrogen-bond donors (Lipinski definition) is 2. The molecule has 0 saturated carbocycles. The Balaban J connectivity index is 0.00000240. The normalized spacial score (nSPS) is 10.5. The Kier molecular flexibility index (Phi) is 10.3. The van der Waals surface area contributed by atoms with E-state index in [1.807, 2.05) is 48.5 Å². The fraction of sp³-hybridized carbons (Fsp3) is 0.136. The van der Waals surface area contributed by atoms with Gasteiger partial charge in [-0.3, -0.25) is 9.78 Å². The predicted octanol–water partition coefficient (Wildman–Crippen LogP) is 5.05. The summed E-state index contributed by atoms with van der Waals surface area (Å²) in [7, 11) is 1.32. The highest BCUT2D eigenvalue weighted by Crippen LogP contribution is 2.28. The molecule has 0 radical (unpaired) electrons. The third kappa shape index (κ3) is 7.15. The van der Waals surface area contributed by atoms with Gasteiger partial charge in [0.15, 0.2) is 0 Å². The predicted molar refractivity (Wildman–Crippen MR) is 125 cm³/mol. The number of aromatic nitrogens is 1. The topological polar surface area (TPSA) is 90.8 Å². The Morgan fingerprint density at radius 1 is 1.10 bits per heavy atom. The van der Waals surface area contributed by atoms with E-state index in [0.717, 1.165) is 11.3 Å². The number of methoxy groups -OCH3 is 1. The zero-order valence-corrected chi connectivity index (χ0v) is 18.3. The second-order valence-corrected chi connectivity index (χ2v) is 6.21. The summed E-state index contributed by atoms with van der Waals surface area (Å²) in [5.74, 6) is 1.41. The van der Waals surface area contributed by atoms with Crippen molar-refractivity contribution in [3.63, 3.8) is 0 Å². The third-order valence-corrected chi connectivity index (χ3v) is 4.14. The second kappa shape index (κ2) is 12.4. The fourth-order valence-corrected chi connectivity index (χ4v) is 2.64. The number of rotatable bonds is 7. The maximum atomic E-state index is 11.4. The lowest BCUT2D eigenvalue weighted by Crippen LogP contribution is -2.33. The highest BCUT2D eigenvalue weighted by molar-refractivity contribution is 5.85. The van der Waals surface area contributed by atoms with Gasteiger partial charge in [0, 0.05) is 11.9 Å². The van der Waals surface area contributed by atoms with Crippen molar-refractivity contribution in [2.45, 2.75) is 12.5 Å². The Labute approximate surface area is 193 Å². The maximum Gasteiger partial charge on any atom is 0.322 e. The Morgan fingerprint density at radius 2 is 1.71 bits per heavy atom. The fourth-order valence-electron chi connectivity index (χ4n) is 2.64. The molecule has 1 aromatic heterocycles. The molecule has 7 nitrogen and oxygen atoms in total. The molecule has 0 aliphatic heterocycles. The van der Waals surface area contributed by atoms with Crippen molar-refractivity contribution >= 4 is 48.0 Å². The SMILES string of the molecule is Cl.Cl.[C-]#[N+]c1cccnc1Nc1ccc(Oc2ccc(C[C@H](N)C(=O)OC)cc2)cc1. The number of carbonyl (C=O) groups is 1. The van der Waals surface area contributed by atoms with Crippen molar-refractivity contribution in [2.24, 2.45) is 5.73 Å². The zero-order valence-electron chi connectivity index (χ0n) is 16.6. The Hall–Kier alpha value is -3.31. The molecule has 0 aliphatic carbocycles. The molecule has 1 heterocycles. The number of esters is 1. The number of nitrogens with two attached hydrogens (primary N) is 1. The Morgan fingerprint density at radius 3 is 2.29 bits per heavy atom. The first-order chi connectivity index (χ1) is 14.1. The van der Waals surface area contributed by atoms with Gasteiger partial charge in [-0.05, 0) is 48.4 Å². The molecule has 0 fully saturated rings. The van der Waals surface area contributed by atoms with E-state index < -0.39 is 12.0 Å². The lowest BCUT2D eigenvalue weighted by atomic mass is 10.1. The first-order valence-corrected chi connectivity index (χ1v) is 8.89. The molecule has 0 unspecified atom stereocenters. The van der Waals surface area contributed by atoms with Crippen molar-refractivity contribution in [3.05, 3.63) is 83.8 Å². The first-order valence-electron chi connectivity index (χ1n) is 8.89. The van der Waals surface area contributed by atoms with Gasteiger partial charge in [0.1, 0.15) is 23.4 Å². The molecule has 162 valence electrons. The van der Waals surface area contributed by atoms with Gasteiger partial charge in [-0.2, -0.15) is 0 Å². The molecule has 0 saturated heterocycles. The molecule has 0 amide bonds. The summed E-state index contributed by atoms with van der Waals surface area (Å²) < 4.78 is 10.5. The van der Waals surface area contributed by atoms with Crippen LogP contribution in [0.3, 0.4) is 0 Å². The van der Waals surface area contributed by atoms with Crippen molar-refractivity contribution in [1.29, 1.82) is 0 Å². The van der Waals surface area contributed by atoms with Crippen molar-refractivity contribution < 1.29 is 14.3 Å². The van der Waals surface area contributed by atoms with Gasteiger partial charge < -0.3 is 20.5 Å². The minimum atomic E-state index is -0.686.